The van der Waals surface area contributed by atoms with Gasteiger partial charge in [-0.25, -0.2) is 0 Å². The van der Waals surface area contributed by atoms with Gasteiger partial charge in [0.15, 0.2) is 0 Å². The molecule has 1 aliphatic rings. The van der Waals surface area contributed by atoms with E-state index in [1.54, 1.807) is 4.90 Å². The molecule has 1 fully saturated rings. The molecule has 1 saturated heterocycles. The normalized spacial score (nSPS) is 14.6. The van der Waals surface area contributed by atoms with Crippen molar-refractivity contribution in [1.29, 1.82) is 0 Å². The van der Waals surface area contributed by atoms with Crippen molar-refractivity contribution in [2.45, 2.75) is 39.5 Å². The fraction of sp³-hybridized carbons (Fsp3) is 0.556. The number of anilines is 2. The SMILES string of the molecule is CCCCN(CC)CC(=O)Nc1ccc(N2CCCC2=O)cc1. The van der Waals surface area contributed by atoms with E-state index in [1.165, 1.54) is 0 Å². The maximum Gasteiger partial charge on any atom is 0.238 e. The summed E-state index contributed by atoms with van der Waals surface area (Å²) in [5.74, 6) is 0.184. The lowest BCUT2D eigenvalue weighted by Gasteiger charge is -2.20. The molecule has 0 aliphatic carbocycles. The Hall–Kier alpha value is -1.88. The quantitative estimate of drug-likeness (QED) is 0.802. The molecule has 126 valence electrons. The van der Waals surface area contributed by atoms with Gasteiger partial charge in [-0.15, -0.1) is 0 Å². The first-order chi connectivity index (χ1) is 11.1. The predicted octanol–water partition coefficient (Wildman–Crippen LogP) is 2.87. The molecule has 0 unspecified atom stereocenters. The Balaban J connectivity index is 1.87. The van der Waals surface area contributed by atoms with Crippen molar-refractivity contribution < 1.29 is 9.59 Å². The standard InChI is InChI=1S/C18H27N3O2/c1-3-5-12-20(4-2)14-17(22)19-15-8-10-16(11-9-15)21-13-6-7-18(21)23/h8-11H,3-7,12-14H2,1-2H3,(H,19,22). The van der Waals surface area contributed by atoms with Gasteiger partial charge in [0.1, 0.15) is 0 Å². The molecule has 1 aromatic rings. The number of unbranched alkanes of at least 4 members (excludes halogenated alkanes) is 1. The Morgan fingerprint density at radius 2 is 2.00 bits per heavy atom. The zero-order valence-corrected chi connectivity index (χ0v) is 14.2. The molecular formula is C18H27N3O2. The highest BCUT2D eigenvalue weighted by atomic mass is 16.2. The second kappa shape index (κ2) is 8.67. The molecule has 1 N–H and O–H groups in total. The number of nitrogens with zero attached hydrogens (tertiary/aromatic N) is 2. The van der Waals surface area contributed by atoms with E-state index in [1.807, 2.05) is 24.3 Å². The minimum Gasteiger partial charge on any atom is -0.325 e. The van der Waals surface area contributed by atoms with Crippen LogP contribution in [0.5, 0.6) is 0 Å². The van der Waals surface area contributed by atoms with E-state index in [-0.39, 0.29) is 11.8 Å². The molecule has 0 radical (unpaired) electrons. The van der Waals surface area contributed by atoms with Crippen molar-refractivity contribution in [3.63, 3.8) is 0 Å². The van der Waals surface area contributed by atoms with Gasteiger partial charge >= 0.3 is 0 Å². The number of hydrogen-bond acceptors (Lipinski definition) is 3. The van der Waals surface area contributed by atoms with E-state index in [0.717, 1.165) is 50.3 Å². The van der Waals surface area contributed by atoms with E-state index in [9.17, 15) is 9.59 Å². The summed E-state index contributed by atoms with van der Waals surface area (Å²) in [6, 6.07) is 7.52. The van der Waals surface area contributed by atoms with Crippen LogP contribution in [-0.2, 0) is 9.59 Å². The summed E-state index contributed by atoms with van der Waals surface area (Å²) < 4.78 is 0. The van der Waals surface area contributed by atoms with E-state index in [4.69, 9.17) is 0 Å². The molecule has 1 heterocycles. The number of carbonyl (C=O) groups is 2. The molecule has 23 heavy (non-hydrogen) atoms. The Bertz CT molecular complexity index is 528. The molecule has 0 atom stereocenters. The van der Waals surface area contributed by atoms with Gasteiger partial charge in [-0.05, 0) is 50.2 Å². The van der Waals surface area contributed by atoms with Crippen molar-refractivity contribution in [3.05, 3.63) is 24.3 Å². The Kier molecular flexibility index (Phi) is 6.59. The molecule has 1 aliphatic heterocycles. The van der Waals surface area contributed by atoms with Gasteiger partial charge in [-0.3, -0.25) is 14.5 Å². The maximum atomic E-state index is 12.1. The second-order valence-corrected chi connectivity index (χ2v) is 5.97. The van der Waals surface area contributed by atoms with Crippen LogP contribution in [0, 0.1) is 0 Å². The van der Waals surface area contributed by atoms with Gasteiger partial charge in [0, 0.05) is 24.3 Å². The lowest BCUT2D eigenvalue weighted by molar-refractivity contribution is -0.118. The van der Waals surface area contributed by atoms with Crippen LogP contribution in [0.25, 0.3) is 0 Å². The van der Waals surface area contributed by atoms with Crippen LogP contribution in [0.1, 0.15) is 39.5 Å². The predicted molar refractivity (Wildman–Crippen MR) is 93.7 cm³/mol. The van der Waals surface area contributed by atoms with Crippen LogP contribution in [-0.4, -0.2) is 42.9 Å². The third-order valence-electron chi connectivity index (χ3n) is 4.18. The van der Waals surface area contributed by atoms with Gasteiger partial charge in [-0.2, -0.15) is 0 Å². The summed E-state index contributed by atoms with van der Waals surface area (Å²) in [6.45, 7) is 7.27. The monoisotopic (exact) mass is 317 g/mol. The Morgan fingerprint density at radius 3 is 2.57 bits per heavy atom. The van der Waals surface area contributed by atoms with Crippen LogP contribution in [0.15, 0.2) is 24.3 Å². The first kappa shape index (κ1) is 17.5. The minimum atomic E-state index is 0.00736. The average molecular weight is 317 g/mol. The highest BCUT2D eigenvalue weighted by Crippen LogP contribution is 2.22. The lowest BCUT2D eigenvalue weighted by atomic mass is 10.2. The topological polar surface area (TPSA) is 52.7 Å². The lowest BCUT2D eigenvalue weighted by Crippen LogP contribution is -2.33. The summed E-state index contributed by atoms with van der Waals surface area (Å²) in [5.41, 5.74) is 1.68. The van der Waals surface area contributed by atoms with Gasteiger partial charge in [0.05, 0.1) is 6.54 Å². The number of hydrogen-bond donors (Lipinski definition) is 1. The highest BCUT2D eigenvalue weighted by molar-refractivity contribution is 5.96. The van der Waals surface area contributed by atoms with Crippen LogP contribution in [0.3, 0.4) is 0 Å². The third kappa shape index (κ3) is 5.06. The van der Waals surface area contributed by atoms with Crippen molar-refractivity contribution in [1.82, 2.24) is 4.90 Å². The van der Waals surface area contributed by atoms with Gasteiger partial charge in [0.25, 0.3) is 0 Å². The van der Waals surface area contributed by atoms with Crippen LogP contribution in [0.2, 0.25) is 0 Å². The summed E-state index contributed by atoms with van der Waals surface area (Å²) >= 11 is 0. The number of rotatable bonds is 8. The number of carbonyl (C=O) groups excluding carboxylic acids is 2. The summed E-state index contributed by atoms with van der Waals surface area (Å²) in [7, 11) is 0. The molecule has 0 aromatic heterocycles. The van der Waals surface area contributed by atoms with Gasteiger partial charge in [-0.1, -0.05) is 20.3 Å². The molecule has 2 amide bonds. The summed E-state index contributed by atoms with van der Waals surface area (Å²) in [4.78, 5) is 27.8. The molecule has 0 spiro atoms. The highest BCUT2D eigenvalue weighted by Gasteiger charge is 2.21. The maximum absolute atomic E-state index is 12.1. The fourth-order valence-electron chi connectivity index (χ4n) is 2.78. The fourth-order valence-corrected chi connectivity index (χ4v) is 2.78. The van der Waals surface area contributed by atoms with E-state index >= 15 is 0 Å². The van der Waals surface area contributed by atoms with E-state index in [2.05, 4.69) is 24.1 Å². The largest absolute Gasteiger partial charge is 0.325 e. The van der Waals surface area contributed by atoms with Crippen molar-refractivity contribution >= 4 is 23.2 Å². The van der Waals surface area contributed by atoms with Crippen LogP contribution < -0.4 is 10.2 Å². The third-order valence-corrected chi connectivity index (χ3v) is 4.18. The zero-order chi connectivity index (χ0) is 16.7. The second-order valence-electron chi connectivity index (χ2n) is 5.97. The van der Waals surface area contributed by atoms with Crippen LogP contribution in [0.4, 0.5) is 11.4 Å². The van der Waals surface area contributed by atoms with Crippen LogP contribution >= 0.6 is 0 Å². The van der Waals surface area contributed by atoms with Gasteiger partial charge < -0.3 is 10.2 Å². The Labute approximate surface area is 138 Å². The summed E-state index contributed by atoms with van der Waals surface area (Å²) in [5, 5.41) is 2.93. The average Bonchev–Trinajstić information content (AvgIpc) is 2.98. The smallest absolute Gasteiger partial charge is 0.238 e. The van der Waals surface area contributed by atoms with Gasteiger partial charge in [0.2, 0.25) is 11.8 Å². The number of amides is 2. The Morgan fingerprint density at radius 1 is 1.26 bits per heavy atom. The van der Waals surface area contributed by atoms with Crippen molar-refractivity contribution in [2.24, 2.45) is 0 Å². The summed E-state index contributed by atoms with van der Waals surface area (Å²) in [6.07, 6.45) is 3.79. The molecule has 1 aromatic carbocycles. The van der Waals surface area contributed by atoms with E-state index < -0.39 is 0 Å². The molecule has 5 heteroatoms. The molecule has 0 saturated carbocycles. The number of likely N-dealkylation sites (N-methyl/N-ethyl adjacent to an activating group) is 1. The molecular weight excluding hydrogens is 290 g/mol. The first-order valence-corrected chi connectivity index (χ1v) is 8.56. The van der Waals surface area contributed by atoms with Crippen molar-refractivity contribution in [2.75, 3.05) is 36.4 Å². The van der Waals surface area contributed by atoms with Crippen molar-refractivity contribution in [3.8, 4) is 0 Å². The number of nitrogens with one attached hydrogen (secondary N) is 1. The molecule has 2 rings (SSSR count). The molecule has 0 bridgehead atoms. The molecule has 5 nitrogen and oxygen atoms in total. The minimum absolute atomic E-state index is 0.00736. The zero-order valence-electron chi connectivity index (χ0n) is 14.2. The number of benzene rings is 1. The first-order valence-electron chi connectivity index (χ1n) is 8.56. The van der Waals surface area contributed by atoms with E-state index in [0.29, 0.717) is 13.0 Å².